The molecule has 0 radical (unpaired) electrons. The van der Waals surface area contributed by atoms with Crippen molar-refractivity contribution in [2.24, 2.45) is 5.73 Å². The lowest BCUT2D eigenvalue weighted by atomic mass is 9.97. The lowest BCUT2D eigenvalue weighted by molar-refractivity contribution is 0.587. The summed E-state index contributed by atoms with van der Waals surface area (Å²) >= 11 is 0. The lowest BCUT2D eigenvalue weighted by Gasteiger charge is -2.15. The van der Waals surface area contributed by atoms with Crippen molar-refractivity contribution in [1.82, 2.24) is 0 Å². The Bertz CT molecular complexity index is 105. The van der Waals surface area contributed by atoms with E-state index in [-0.39, 0.29) is 0 Å². The van der Waals surface area contributed by atoms with Crippen molar-refractivity contribution >= 4 is 0 Å². The van der Waals surface area contributed by atoms with E-state index in [2.05, 4.69) is 13.0 Å². The number of hydrogen-bond acceptors (Lipinski definition) is 1. The molecular formula is C7H13N. The van der Waals surface area contributed by atoms with Crippen LogP contribution < -0.4 is 5.73 Å². The van der Waals surface area contributed by atoms with E-state index in [1.807, 2.05) is 0 Å². The zero-order valence-electron chi connectivity index (χ0n) is 5.35. The maximum atomic E-state index is 5.68. The van der Waals surface area contributed by atoms with Crippen LogP contribution in [0.15, 0.2) is 11.6 Å². The summed E-state index contributed by atoms with van der Waals surface area (Å²) in [5.74, 6) is 0. The summed E-state index contributed by atoms with van der Waals surface area (Å²) in [6.45, 7) is 2.15. The summed E-state index contributed by atoms with van der Waals surface area (Å²) in [6.07, 6.45) is 5.76. The molecule has 0 aromatic heterocycles. The van der Waals surface area contributed by atoms with Crippen molar-refractivity contribution in [2.45, 2.75) is 32.2 Å². The van der Waals surface area contributed by atoms with E-state index in [1.54, 1.807) is 0 Å². The topological polar surface area (TPSA) is 26.0 Å². The summed E-state index contributed by atoms with van der Waals surface area (Å²) in [5, 5.41) is 0. The molecule has 0 heterocycles. The van der Waals surface area contributed by atoms with Gasteiger partial charge in [-0.2, -0.15) is 0 Å². The van der Waals surface area contributed by atoms with Crippen LogP contribution in [0, 0.1) is 0 Å². The molecule has 2 N–H and O–H groups in total. The van der Waals surface area contributed by atoms with Gasteiger partial charge in [0, 0.05) is 6.04 Å². The largest absolute Gasteiger partial charge is 0.327 e. The second-order valence-electron chi connectivity index (χ2n) is 2.59. The molecule has 1 atom stereocenters. The number of rotatable bonds is 0. The SMILES string of the molecule is CC1=CCCC(N)C1. The molecule has 0 saturated heterocycles. The fraction of sp³-hybridized carbons (Fsp3) is 0.714. The lowest BCUT2D eigenvalue weighted by Crippen LogP contribution is -2.21. The van der Waals surface area contributed by atoms with E-state index < -0.39 is 0 Å². The third-order valence-corrected chi connectivity index (χ3v) is 1.61. The Hall–Kier alpha value is -0.300. The second kappa shape index (κ2) is 2.31. The molecule has 0 amide bonds. The molecule has 1 aliphatic carbocycles. The molecule has 0 spiro atoms. The van der Waals surface area contributed by atoms with Crippen molar-refractivity contribution < 1.29 is 0 Å². The van der Waals surface area contributed by atoms with Crippen molar-refractivity contribution in [3.8, 4) is 0 Å². The van der Waals surface area contributed by atoms with Gasteiger partial charge in [0.2, 0.25) is 0 Å². The maximum Gasteiger partial charge on any atom is 0.00789 e. The average Bonchev–Trinajstić information content (AvgIpc) is 1.64. The highest BCUT2D eigenvalue weighted by atomic mass is 14.6. The van der Waals surface area contributed by atoms with Crippen molar-refractivity contribution in [1.29, 1.82) is 0 Å². The number of allylic oxidation sites excluding steroid dienone is 1. The molecule has 0 bridgehead atoms. The minimum absolute atomic E-state index is 0.444. The first-order chi connectivity index (χ1) is 3.79. The van der Waals surface area contributed by atoms with Gasteiger partial charge in [0.25, 0.3) is 0 Å². The van der Waals surface area contributed by atoms with E-state index in [4.69, 9.17) is 5.73 Å². The van der Waals surface area contributed by atoms with Crippen LogP contribution in [0.5, 0.6) is 0 Å². The Labute approximate surface area is 50.6 Å². The summed E-state index contributed by atoms with van der Waals surface area (Å²) in [5.41, 5.74) is 7.15. The van der Waals surface area contributed by atoms with Crippen LogP contribution >= 0.6 is 0 Å². The van der Waals surface area contributed by atoms with Crippen LogP contribution in [-0.4, -0.2) is 6.04 Å². The first-order valence-electron chi connectivity index (χ1n) is 3.20. The summed E-state index contributed by atoms with van der Waals surface area (Å²) in [6, 6.07) is 0.444. The van der Waals surface area contributed by atoms with Crippen molar-refractivity contribution in [3.05, 3.63) is 11.6 Å². The summed E-state index contributed by atoms with van der Waals surface area (Å²) in [4.78, 5) is 0. The molecule has 0 aromatic rings. The number of hydrogen-bond donors (Lipinski definition) is 1. The minimum Gasteiger partial charge on any atom is -0.327 e. The third kappa shape index (κ3) is 1.34. The monoisotopic (exact) mass is 111 g/mol. The van der Waals surface area contributed by atoms with Gasteiger partial charge >= 0.3 is 0 Å². The standard InChI is InChI=1S/C7H13N/c1-6-3-2-4-7(8)5-6/h3,7H,2,4-5,8H2,1H3. The second-order valence-corrected chi connectivity index (χ2v) is 2.59. The zero-order chi connectivity index (χ0) is 5.98. The number of nitrogens with two attached hydrogens (primary N) is 1. The molecule has 1 rings (SSSR count). The molecule has 0 aromatic carbocycles. The normalized spacial score (nSPS) is 29.8. The van der Waals surface area contributed by atoms with Crippen LogP contribution in [0.2, 0.25) is 0 Å². The predicted octanol–water partition coefficient (Wildman–Crippen LogP) is 1.44. The van der Waals surface area contributed by atoms with Crippen LogP contribution in [0.1, 0.15) is 26.2 Å². The van der Waals surface area contributed by atoms with Gasteiger partial charge in [0.15, 0.2) is 0 Å². The fourth-order valence-electron chi connectivity index (χ4n) is 1.14. The molecule has 0 aliphatic heterocycles. The molecule has 1 heteroatoms. The van der Waals surface area contributed by atoms with E-state index in [9.17, 15) is 0 Å². The highest BCUT2D eigenvalue weighted by Gasteiger charge is 2.06. The Morgan fingerprint density at radius 2 is 2.50 bits per heavy atom. The fourth-order valence-corrected chi connectivity index (χ4v) is 1.14. The quantitative estimate of drug-likeness (QED) is 0.470. The first-order valence-corrected chi connectivity index (χ1v) is 3.20. The van der Waals surface area contributed by atoms with Gasteiger partial charge in [-0.25, -0.2) is 0 Å². The van der Waals surface area contributed by atoms with Crippen LogP contribution in [0.25, 0.3) is 0 Å². The Morgan fingerprint density at radius 3 is 2.88 bits per heavy atom. The highest BCUT2D eigenvalue weighted by Crippen LogP contribution is 2.14. The average molecular weight is 111 g/mol. The Morgan fingerprint density at radius 1 is 1.75 bits per heavy atom. The molecular weight excluding hydrogens is 98.1 g/mol. The van der Waals surface area contributed by atoms with Gasteiger partial charge in [-0.15, -0.1) is 0 Å². The summed E-state index contributed by atoms with van der Waals surface area (Å²) < 4.78 is 0. The maximum absolute atomic E-state index is 5.68. The first kappa shape index (κ1) is 5.83. The molecule has 0 fully saturated rings. The van der Waals surface area contributed by atoms with Crippen LogP contribution in [0.4, 0.5) is 0 Å². The Kier molecular flexibility index (Phi) is 1.69. The van der Waals surface area contributed by atoms with Gasteiger partial charge in [0.05, 0.1) is 0 Å². The van der Waals surface area contributed by atoms with E-state index >= 15 is 0 Å². The molecule has 46 valence electrons. The molecule has 0 saturated carbocycles. The molecule has 1 unspecified atom stereocenters. The minimum atomic E-state index is 0.444. The summed E-state index contributed by atoms with van der Waals surface area (Å²) in [7, 11) is 0. The molecule has 8 heavy (non-hydrogen) atoms. The van der Waals surface area contributed by atoms with Crippen molar-refractivity contribution in [2.75, 3.05) is 0 Å². The predicted molar refractivity (Wildman–Crippen MR) is 35.6 cm³/mol. The van der Waals surface area contributed by atoms with Crippen LogP contribution in [-0.2, 0) is 0 Å². The van der Waals surface area contributed by atoms with E-state index in [0.717, 1.165) is 6.42 Å². The molecule has 1 nitrogen and oxygen atoms in total. The third-order valence-electron chi connectivity index (χ3n) is 1.61. The Balaban J connectivity index is 2.45. The van der Waals surface area contributed by atoms with Crippen LogP contribution in [0.3, 0.4) is 0 Å². The van der Waals surface area contributed by atoms with Gasteiger partial charge in [-0.3, -0.25) is 0 Å². The smallest absolute Gasteiger partial charge is 0.00789 e. The zero-order valence-corrected chi connectivity index (χ0v) is 5.35. The van der Waals surface area contributed by atoms with Gasteiger partial charge in [0.1, 0.15) is 0 Å². The molecule has 1 aliphatic rings. The van der Waals surface area contributed by atoms with Gasteiger partial charge < -0.3 is 5.73 Å². The highest BCUT2D eigenvalue weighted by molar-refractivity contribution is 5.04. The van der Waals surface area contributed by atoms with Crippen molar-refractivity contribution in [3.63, 3.8) is 0 Å². The van der Waals surface area contributed by atoms with Gasteiger partial charge in [-0.1, -0.05) is 11.6 Å². The van der Waals surface area contributed by atoms with Gasteiger partial charge in [-0.05, 0) is 26.2 Å². The van der Waals surface area contributed by atoms with E-state index in [0.29, 0.717) is 6.04 Å². The van der Waals surface area contributed by atoms with E-state index in [1.165, 1.54) is 18.4 Å².